The first-order valence-corrected chi connectivity index (χ1v) is 5.19. The van der Waals surface area contributed by atoms with Crippen molar-refractivity contribution < 1.29 is 14.6 Å². The molecule has 15 heavy (non-hydrogen) atoms. The highest BCUT2D eigenvalue weighted by molar-refractivity contribution is 5.78. The van der Waals surface area contributed by atoms with Gasteiger partial charge in [-0.2, -0.15) is 0 Å². The zero-order valence-electron chi connectivity index (χ0n) is 9.54. The fourth-order valence-corrected chi connectivity index (χ4v) is 1.42. The van der Waals surface area contributed by atoms with Crippen molar-refractivity contribution in [3.8, 4) is 0 Å². The number of aliphatic hydroxyl groups is 1. The summed E-state index contributed by atoms with van der Waals surface area (Å²) in [7, 11) is 0. The molecule has 0 saturated carbocycles. The first kappa shape index (κ1) is 12.4. The average molecular weight is 216 g/mol. The van der Waals surface area contributed by atoms with Crippen LogP contribution in [-0.4, -0.2) is 48.5 Å². The van der Waals surface area contributed by atoms with Gasteiger partial charge >= 0.3 is 0 Å². The van der Waals surface area contributed by atoms with Crippen LogP contribution in [0.25, 0.3) is 0 Å². The Labute approximate surface area is 90.2 Å². The Balaban J connectivity index is 2.22. The fourth-order valence-electron chi connectivity index (χ4n) is 1.42. The molecule has 1 saturated heterocycles. The first-order chi connectivity index (χ1) is 6.88. The average Bonchev–Trinajstić information content (AvgIpc) is 2.44. The number of hydrogen-bond donors (Lipinski definition) is 3. The van der Waals surface area contributed by atoms with Crippen molar-refractivity contribution in [3.63, 3.8) is 0 Å². The van der Waals surface area contributed by atoms with E-state index in [-0.39, 0.29) is 24.0 Å². The molecule has 1 aliphatic heterocycles. The van der Waals surface area contributed by atoms with Crippen LogP contribution in [0.2, 0.25) is 0 Å². The van der Waals surface area contributed by atoms with E-state index >= 15 is 0 Å². The van der Waals surface area contributed by atoms with E-state index in [0.717, 1.165) is 0 Å². The summed E-state index contributed by atoms with van der Waals surface area (Å²) in [6.07, 6.45) is -0.507. The number of amides is 1. The number of aliphatic hydroxyl groups excluding tert-OH is 1. The summed E-state index contributed by atoms with van der Waals surface area (Å²) in [5.74, 6) is -0.0680. The monoisotopic (exact) mass is 216 g/mol. The van der Waals surface area contributed by atoms with Crippen molar-refractivity contribution in [1.82, 2.24) is 10.6 Å². The second kappa shape index (κ2) is 4.92. The van der Waals surface area contributed by atoms with Crippen LogP contribution in [0.4, 0.5) is 0 Å². The van der Waals surface area contributed by atoms with Gasteiger partial charge in [0.25, 0.3) is 0 Å². The van der Waals surface area contributed by atoms with Gasteiger partial charge in [-0.1, -0.05) is 0 Å². The lowest BCUT2D eigenvalue weighted by atomic mass is 10.1. The Morgan fingerprint density at radius 2 is 2.13 bits per heavy atom. The number of carbonyl (C=O) groups is 1. The van der Waals surface area contributed by atoms with Gasteiger partial charge in [-0.05, 0) is 20.8 Å². The van der Waals surface area contributed by atoms with E-state index in [1.807, 2.05) is 20.8 Å². The smallest absolute Gasteiger partial charge is 0.234 e. The molecule has 0 aromatic rings. The molecule has 88 valence electrons. The molecule has 3 N–H and O–H groups in total. The van der Waals surface area contributed by atoms with Crippen LogP contribution in [0.15, 0.2) is 0 Å². The maximum atomic E-state index is 11.4. The Bertz CT molecular complexity index is 225. The quantitative estimate of drug-likeness (QED) is 0.580. The third kappa shape index (κ3) is 4.59. The van der Waals surface area contributed by atoms with Crippen molar-refractivity contribution in [3.05, 3.63) is 0 Å². The number of ether oxygens (including phenoxy) is 1. The molecule has 2 unspecified atom stereocenters. The maximum absolute atomic E-state index is 11.4. The van der Waals surface area contributed by atoms with Crippen LogP contribution in [0, 0.1) is 0 Å². The summed E-state index contributed by atoms with van der Waals surface area (Å²) < 4.78 is 5.06. The molecule has 0 aromatic carbocycles. The van der Waals surface area contributed by atoms with Gasteiger partial charge in [0.1, 0.15) is 0 Å². The van der Waals surface area contributed by atoms with E-state index in [1.54, 1.807) is 0 Å². The lowest BCUT2D eigenvalue weighted by molar-refractivity contribution is -0.121. The van der Waals surface area contributed by atoms with E-state index in [9.17, 15) is 9.90 Å². The maximum Gasteiger partial charge on any atom is 0.234 e. The predicted molar refractivity (Wildman–Crippen MR) is 56.5 cm³/mol. The minimum atomic E-state index is -0.507. The molecule has 2 atom stereocenters. The van der Waals surface area contributed by atoms with Crippen LogP contribution in [0.1, 0.15) is 20.8 Å². The number of hydrogen-bond acceptors (Lipinski definition) is 4. The summed E-state index contributed by atoms with van der Waals surface area (Å²) in [5.41, 5.74) is -0.219. The van der Waals surface area contributed by atoms with Crippen molar-refractivity contribution in [2.45, 2.75) is 38.5 Å². The van der Waals surface area contributed by atoms with Gasteiger partial charge in [-0.15, -0.1) is 0 Å². The molecule has 1 aliphatic rings. The topological polar surface area (TPSA) is 70.6 Å². The Morgan fingerprint density at radius 3 is 2.60 bits per heavy atom. The van der Waals surface area contributed by atoms with Crippen LogP contribution >= 0.6 is 0 Å². The van der Waals surface area contributed by atoms with Gasteiger partial charge in [0.15, 0.2) is 0 Å². The largest absolute Gasteiger partial charge is 0.389 e. The standard InChI is InChI=1S/C10H20N2O3/c1-10(2,3)12-9(14)4-11-7-5-15-6-8(7)13/h7-8,11,13H,4-6H2,1-3H3,(H,12,14). The second-order valence-corrected chi connectivity index (χ2v) is 4.89. The van der Waals surface area contributed by atoms with Gasteiger partial charge in [0, 0.05) is 5.54 Å². The minimum Gasteiger partial charge on any atom is -0.389 e. The van der Waals surface area contributed by atoms with E-state index in [1.165, 1.54) is 0 Å². The predicted octanol–water partition coefficient (Wildman–Crippen LogP) is -0.750. The molecule has 0 aliphatic carbocycles. The molecule has 0 radical (unpaired) electrons. The summed E-state index contributed by atoms with van der Waals surface area (Å²) in [6, 6.07) is -0.129. The summed E-state index contributed by atoms with van der Waals surface area (Å²) >= 11 is 0. The van der Waals surface area contributed by atoms with E-state index in [4.69, 9.17) is 4.74 Å². The van der Waals surface area contributed by atoms with Crippen LogP contribution in [0.3, 0.4) is 0 Å². The summed E-state index contributed by atoms with van der Waals surface area (Å²) in [6.45, 7) is 6.81. The Morgan fingerprint density at radius 1 is 1.47 bits per heavy atom. The normalized spacial score (nSPS) is 26.7. The molecule has 1 fully saturated rings. The highest BCUT2D eigenvalue weighted by Crippen LogP contribution is 2.04. The minimum absolute atomic E-state index is 0.0680. The first-order valence-electron chi connectivity index (χ1n) is 5.19. The van der Waals surface area contributed by atoms with Crippen LogP contribution < -0.4 is 10.6 Å². The molecular formula is C10H20N2O3. The SMILES string of the molecule is CC(C)(C)NC(=O)CNC1COCC1O. The molecule has 1 rings (SSSR count). The Kier molecular flexibility index (Phi) is 4.07. The van der Waals surface area contributed by atoms with Crippen molar-refractivity contribution >= 4 is 5.91 Å². The van der Waals surface area contributed by atoms with Gasteiger partial charge in [0.05, 0.1) is 31.9 Å². The Hall–Kier alpha value is -0.650. The van der Waals surface area contributed by atoms with Crippen LogP contribution in [0.5, 0.6) is 0 Å². The summed E-state index contributed by atoms with van der Waals surface area (Å²) in [5, 5.41) is 15.2. The third-order valence-corrected chi connectivity index (χ3v) is 2.09. The lowest BCUT2D eigenvalue weighted by Gasteiger charge is -2.21. The molecule has 0 aromatic heterocycles. The zero-order valence-corrected chi connectivity index (χ0v) is 9.54. The van der Waals surface area contributed by atoms with Gasteiger partial charge < -0.3 is 20.5 Å². The highest BCUT2D eigenvalue weighted by Gasteiger charge is 2.26. The molecule has 5 nitrogen and oxygen atoms in total. The van der Waals surface area contributed by atoms with E-state index < -0.39 is 6.10 Å². The second-order valence-electron chi connectivity index (χ2n) is 4.89. The van der Waals surface area contributed by atoms with Crippen LogP contribution in [-0.2, 0) is 9.53 Å². The highest BCUT2D eigenvalue weighted by atomic mass is 16.5. The lowest BCUT2D eigenvalue weighted by Crippen LogP contribution is -2.48. The third-order valence-electron chi connectivity index (χ3n) is 2.09. The fraction of sp³-hybridized carbons (Fsp3) is 0.900. The number of rotatable bonds is 3. The zero-order chi connectivity index (χ0) is 11.5. The van der Waals surface area contributed by atoms with Crippen molar-refractivity contribution in [2.75, 3.05) is 19.8 Å². The molecule has 0 bridgehead atoms. The number of nitrogens with one attached hydrogen (secondary N) is 2. The van der Waals surface area contributed by atoms with E-state index in [0.29, 0.717) is 13.2 Å². The summed E-state index contributed by atoms with van der Waals surface area (Å²) in [4.78, 5) is 11.4. The van der Waals surface area contributed by atoms with E-state index in [2.05, 4.69) is 10.6 Å². The number of carbonyl (C=O) groups excluding carboxylic acids is 1. The molecule has 5 heteroatoms. The van der Waals surface area contributed by atoms with Crippen molar-refractivity contribution in [1.29, 1.82) is 0 Å². The molecule has 1 heterocycles. The molecule has 1 amide bonds. The van der Waals surface area contributed by atoms with Gasteiger partial charge in [0.2, 0.25) is 5.91 Å². The van der Waals surface area contributed by atoms with Gasteiger partial charge in [-0.3, -0.25) is 4.79 Å². The van der Waals surface area contributed by atoms with Crippen molar-refractivity contribution in [2.24, 2.45) is 0 Å². The molecule has 0 spiro atoms. The molecular weight excluding hydrogens is 196 g/mol. The van der Waals surface area contributed by atoms with Gasteiger partial charge in [-0.25, -0.2) is 0 Å².